The fourth-order valence-electron chi connectivity index (χ4n) is 2.22. The number of fused-ring (bicyclic) bond motifs is 1. The Labute approximate surface area is 112 Å². The summed E-state index contributed by atoms with van der Waals surface area (Å²) in [7, 11) is 0. The lowest BCUT2D eigenvalue weighted by molar-refractivity contribution is -0.143. The van der Waals surface area contributed by atoms with Crippen LogP contribution in [0.2, 0.25) is 0 Å². The molecular weight excluding hydrogens is 242 g/mol. The number of hydrogen-bond acceptors (Lipinski definition) is 4. The van der Waals surface area contributed by atoms with Crippen molar-refractivity contribution in [2.75, 3.05) is 12.3 Å². The maximum Gasteiger partial charge on any atom is 0.305 e. The fraction of sp³-hybridized carbons (Fsp3) is 0.429. The number of benzene rings is 1. The van der Waals surface area contributed by atoms with E-state index in [0.717, 1.165) is 16.6 Å². The average molecular weight is 261 g/mol. The van der Waals surface area contributed by atoms with Crippen LogP contribution in [0.3, 0.4) is 0 Å². The summed E-state index contributed by atoms with van der Waals surface area (Å²) in [6.07, 6.45) is 1.10. The van der Waals surface area contributed by atoms with Crippen molar-refractivity contribution in [1.82, 2.24) is 9.55 Å². The summed E-state index contributed by atoms with van der Waals surface area (Å²) >= 11 is 0. The van der Waals surface area contributed by atoms with E-state index in [-0.39, 0.29) is 5.97 Å². The first kappa shape index (κ1) is 13.4. The second-order valence-corrected chi connectivity index (χ2v) is 4.47. The largest absolute Gasteiger partial charge is 0.466 e. The van der Waals surface area contributed by atoms with Crippen LogP contribution in [0, 0.1) is 6.92 Å². The molecule has 1 aromatic carbocycles. The minimum absolute atomic E-state index is 0.165. The molecular formula is C14H19N3O2. The Morgan fingerprint density at radius 3 is 3.00 bits per heavy atom. The van der Waals surface area contributed by atoms with Gasteiger partial charge in [0, 0.05) is 13.0 Å². The molecule has 0 saturated heterocycles. The maximum atomic E-state index is 11.3. The second-order valence-electron chi connectivity index (χ2n) is 4.47. The van der Waals surface area contributed by atoms with Gasteiger partial charge < -0.3 is 15.0 Å². The molecule has 0 radical (unpaired) electrons. The molecule has 0 saturated carbocycles. The van der Waals surface area contributed by atoms with Crippen molar-refractivity contribution in [3.8, 4) is 0 Å². The summed E-state index contributed by atoms with van der Waals surface area (Å²) in [6.45, 7) is 4.94. The molecule has 2 rings (SSSR count). The molecule has 0 fully saturated rings. The zero-order chi connectivity index (χ0) is 13.8. The first-order valence-electron chi connectivity index (χ1n) is 6.50. The SMILES string of the molecule is CCOC(=O)CCCn1c(N)nc2cccc(C)c21. The molecule has 0 spiro atoms. The van der Waals surface area contributed by atoms with Crippen LogP contribution in [0.15, 0.2) is 18.2 Å². The van der Waals surface area contributed by atoms with Gasteiger partial charge in [-0.1, -0.05) is 12.1 Å². The Morgan fingerprint density at radius 1 is 1.47 bits per heavy atom. The number of carbonyl (C=O) groups is 1. The van der Waals surface area contributed by atoms with Crippen molar-refractivity contribution in [3.63, 3.8) is 0 Å². The van der Waals surface area contributed by atoms with Crippen LogP contribution in [0.1, 0.15) is 25.3 Å². The Balaban J connectivity index is 2.12. The van der Waals surface area contributed by atoms with Crippen molar-refractivity contribution >= 4 is 23.0 Å². The number of anilines is 1. The molecule has 0 bridgehead atoms. The first-order chi connectivity index (χ1) is 9.13. The van der Waals surface area contributed by atoms with E-state index in [1.54, 1.807) is 0 Å². The van der Waals surface area contributed by atoms with Gasteiger partial charge in [0.05, 0.1) is 17.6 Å². The number of nitrogens with zero attached hydrogens (tertiary/aromatic N) is 2. The molecule has 2 aromatic rings. The summed E-state index contributed by atoms with van der Waals surface area (Å²) in [5.74, 6) is 0.329. The van der Waals surface area contributed by atoms with E-state index in [1.165, 1.54) is 0 Å². The van der Waals surface area contributed by atoms with Crippen molar-refractivity contribution in [3.05, 3.63) is 23.8 Å². The quantitative estimate of drug-likeness (QED) is 0.838. The number of aromatic nitrogens is 2. The molecule has 0 aliphatic rings. The molecule has 0 amide bonds. The Bertz CT molecular complexity index is 590. The zero-order valence-corrected chi connectivity index (χ0v) is 11.3. The third kappa shape index (κ3) is 2.86. The lowest BCUT2D eigenvalue weighted by Gasteiger charge is -2.07. The number of aryl methyl sites for hydroxylation is 2. The molecule has 2 N–H and O–H groups in total. The topological polar surface area (TPSA) is 70.1 Å². The fourth-order valence-corrected chi connectivity index (χ4v) is 2.22. The smallest absolute Gasteiger partial charge is 0.305 e. The highest BCUT2D eigenvalue weighted by atomic mass is 16.5. The van der Waals surface area contributed by atoms with Gasteiger partial charge in [-0.2, -0.15) is 0 Å². The van der Waals surface area contributed by atoms with Crippen molar-refractivity contribution < 1.29 is 9.53 Å². The van der Waals surface area contributed by atoms with Crippen LogP contribution >= 0.6 is 0 Å². The van der Waals surface area contributed by atoms with Crippen LogP contribution < -0.4 is 5.73 Å². The number of nitrogens with two attached hydrogens (primary N) is 1. The Hall–Kier alpha value is -2.04. The van der Waals surface area contributed by atoms with Crippen LogP contribution in [0.4, 0.5) is 5.95 Å². The summed E-state index contributed by atoms with van der Waals surface area (Å²) in [4.78, 5) is 15.6. The number of ether oxygens (including phenoxy) is 1. The lowest BCUT2D eigenvalue weighted by atomic mass is 10.2. The van der Waals surface area contributed by atoms with Crippen LogP contribution in [-0.2, 0) is 16.1 Å². The minimum atomic E-state index is -0.165. The van der Waals surface area contributed by atoms with Gasteiger partial charge >= 0.3 is 5.97 Å². The standard InChI is InChI=1S/C14H19N3O2/c1-3-19-12(18)8-5-9-17-13-10(2)6-4-7-11(13)16-14(17)15/h4,6-7H,3,5,8-9H2,1-2H3,(H2,15,16). The molecule has 0 atom stereocenters. The van der Waals surface area contributed by atoms with E-state index in [2.05, 4.69) is 4.98 Å². The average Bonchev–Trinajstić information content (AvgIpc) is 2.67. The highest BCUT2D eigenvalue weighted by Crippen LogP contribution is 2.21. The summed E-state index contributed by atoms with van der Waals surface area (Å²) in [6, 6.07) is 5.94. The number of rotatable bonds is 5. The van der Waals surface area contributed by atoms with Gasteiger partial charge in [-0.25, -0.2) is 4.98 Å². The highest BCUT2D eigenvalue weighted by Gasteiger charge is 2.10. The van der Waals surface area contributed by atoms with E-state index in [1.807, 2.05) is 36.6 Å². The normalized spacial score (nSPS) is 10.8. The van der Waals surface area contributed by atoms with E-state index >= 15 is 0 Å². The number of esters is 1. The van der Waals surface area contributed by atoms with Gasteiger partial charge in [0.25, 0.3) is 0 Å². The van der Waals surface area contributed by atoms with E-state index in [9.17, 15) is 4.79 Å². The van der Waals surface area contributed by atoms with Gasteiger partial charge in [-0.15, -0.1) is 0 Å². The van der Waals surface area contributed by atoms with E-state index < -0.39 is 0 Å². The molecule has 5 nitrogen and oxygen atoms in total. The predicted molar refractivity (Wildman–Crippen MR) is 74.7 cm³/mol. The van der Waals surface area contributed by atoms with E-state index in [4.69, 9.17) is 10.5 Å². The summed E-state index contributed by atoms with van der Waals surface area (Å²) in [5.41, 5.74) is 9.01. The molecule has 19 heavy (non-hydrogen) atoms. The third-order valence-corrected chi connectivity index (χ3v) is 3.07. The van der Waals surface area contributed by atoms with Crippen molar-refractivity contribution in [1.29, 1.82) is 0 Å². The first-order valence-corrected chi connectivity index (χ1v) is 6.50. The molecule has 5 heteroatoms. The van der Waals surface area contributed by atoms with Crippen molar-refractivity contribution in [2.45, 2.75) is 33.2 Å². The second kappa shape index (κ2) is 5.73. The molecule has 0 unspecified atom stereocenters. The molecule has 0 aliphatic carbocycles. The number of nitrogen functional groups attached to an aromatic ring is 1. The van der Waals surface area contributed by atoms with Gasteiger partial charge in [0.15, 0.2) is 0 Å². The van der Waals surface area contributed by atoms with Crippen molar-refractivity contribution in [2.24, 2.45) is 0 Å². The number of carbonyl (C=O) groups excluding carboxylic acids is 1. The molecule has 1 heterocycles. The lowest BCUT2D eigenvalue weighted by Crippen LogP contribution is -2.08. The van der Waals surface area contributed by atoms with Gasteiger partial charge in [-0.3, -0.25) is 4.79 Å². The van der Waals surface area contributed by atoms with Gasteiger partial charge in [0.2, 0.25) is 5.95 Å². The molecule has 0 aliphatic heterocycles. The number of para-hydroxylation sites is 1. The monoisotopic (exact) mass is 261 g/mol. The Kier molecular flexibility index (Phi) is 4.04. The predicted octanol–water partition coefficient (Wildman–Crippen LogP) is 2.27. The minimum Gasteiger partial charge on any atom is -0.466 e. The highest BCUT2D eigenvalue weighted by molar-refractivity contribution is 5.81. The summed E-state index contributed by atoms with van der Waals surface area (Å²) in [5, 5.41) is 0. The van der Waals surface area contributed by atoms with Crippen LogP contribution in [0.25, 0.3) is 11.0 Å². The number of imidazole rings is 1. The molecule has 102 valence electrons. The third-order valence-electron chi connectivity index (χ3n) is 3.07. The van der Waals surface area contributed by atoms with Crippen LogP contribution in [-0.4, -0.2) is 22.1 Å². The maximum absolute atomic E-state index is 11.3. The van der Waals surface area contributed by atoms with Crippen LogP contribution in [0.5, 0.6) is 0 Å². The van der Waals surface area contributed by atoms with Gasteiger partial charge in [0.1, 0.15) is 0 Å². The molecule has 1 aromatic heterocycles. The number of hydrogen-bond donors (Lipinski definition) is 1. The zero-order valence-electron chi connectivity index (χ0n) is 11.3. The van der Waals surface area contributed by atoms with Gasteiger partial charge in [-0.05, 0) is 31.9 Å². The Morgan fingerprint density at radius 2 is 2.26 bits per heavy atom. The summed E-state index contributed by atoms with van der Waals surface area (Å²) < 4.78 is 6.87. The van der Waals surface area contributed by atoms with E-state index in [0.29, 0.717) is 31.9 Å².